The van der Waals surface area contributed by atoms with Crippen molar-refractivity contribution in [2.24, 2.45) is 16.7 Å². The zero-order valence-corrected chi connectivity index (χ0v) is 22.0. The number of aliphatic hydroxyl groups is 1. The second-order valence-corrected chi connectivity index (χ2v) is 13.4. The molecule has 0 heterocycles. The Hall–Kier alpha value is -1.88. The predicted molar refractivity (Wildman–Crippen MR) is 136 cm³/mol. The molecule has 34 heavy (non-hydrogen) atoms. The summed E-state index contributed by atoms with van der Waals surface area (Å²) in [6.07, 6.45) is 6.53. The Morgan fingerprint density at radius 1 is 1.00 bits per heavy atom. The van der Waals surface area contributed by atoms with E-state index in [1.54, 1.807) is 0 Å². The van der Waals surface area contributed by atoms with Crippen LogP contribution < -0.4 is 10.6 Å². The molecule has 5 heteroatoms. The van der Waals surface area contributed by atoms with Gasteiger partial charge in [-0.3, -0.25) is 9.59 Å². The molecular formula is C29H44N2O3. The Morgan fingerprint density at radius 3 is 2.24 bits per heavy atom. The van der Waals surface area contributed by atoms with E-state index in [0.717, 1.165) is 38.5 Å². The maximum absolute atomic E-state index is 13.4. The first-order valence-corrected chi connectivity index (χ1v) is 13.2. The quantitative estimate of drug-likeness (QED) is 0.543. The van der Waals surface area contributed by atoms with Crippen LogP contribution in [0.3, 0.4) is 0 Å². The molecule has 3 saturated carbocycles. The number of fused-ring (bicyclic) bond motifs is 1. The standard InChI is InChI=1S/C29H44N2O3/c1-26(2,3)20-9-7-19(8-10-20)25(33)31-23-18-27(4,5)22-17-28(6,34)15-16-29(22,23)14-13-24(32)30-21-11-12-21/h7-10,21-23,34H,11-18H2,1-6H3,(H,30,32)(H,31,33). The van der Waals surface area contributed by atoms with Gasteiger partial charge in [-0.25, -0.2) is 0 Å². The summed E-state index contributed by atoms with van der Waals surface area (Å²) >= 11 is 0. The molecule has 1 aromatic carbocycles. The first-order valence-electron chi connectivity index (χ1n) is 13.2. The van der Waals surface area contributed by atoms with E-state index >= 15 is 0 Å². The van der Waals surface area contributed by atoms with Gasteiger partial charge in [0.25, 0.3) is 5.91 Å². The molecule has 3 fully saturated rings. The van der Waals surface area contributed by atoms with Gasteiger partial charge in [0.1, 0.15) is 0 Å². The van der Waals surface area contributed by atoms with E-state index in [-0.39, 0.29) is 40.0 Å². The molecular weight excluding hydrogens is 424 g/mol. The van der Waals surface area contributed by atoms with Crippen LogP contribution in [0.25, 0.3) is 0 Å². The normalized spacial score (nSPS) is 32.7. The molecule has 3 aliphatic rings. The van der Waals surface area contributed by atoms with Crippen molar-refractivity contribution in [3.63, 3.8) is 0 Å². The second-order valence-electron chi connectivity index (χ2n) is 13.4. The second kappa shape index (κ2) is 8.65. The summed E-state index contributed by atoms with van der Waals surface area (Å²) in [5, 5.41) is 17.5. The Kier molecular flexibility index (Phi) is 6.42. The third-order valence-electron chi connectivity index (χ3n) is 8.91. The summed E-state index contributed by atoms with van der Waals surface area (Å²) in [7, 11) is 0. The fourth-order valence-corrected chi connectivity index (χ4v) is 6.67. The molecule has 3 aliphatic carbocycles. The first-order chi connectivity index (χ1) is 15.7. The molecule has 0 aliphatic heterocycles. The minimum absolute atomic E-state index is 0.00730. The summed E-state index contributed by atoms with van der Waals surface area (Å²) in [4.78, 5) is 26.0. The molecule has 0 bridgehead atoms. The van der Waals surface area contributed by atoms with E-state index in [1.807, 2.05) is 31.2 Å². The van der Waals surface area contributed by atoms with E-state index in [4.69, 9.17) is 0 Å². The van der Waals surface area contributed by atoms with Crippen molar-refractivity contribution in [1.29, 1.82) is 0 Å². The largest absolute Gasteiger partial charge is 0.390 e. The van der Waals surface area contributed by atoms with Crippen LogP contribution in [0.15, 0.2) is 24.3 Å². The van der Waals surface area contributed by atoms with Gasteiger partial charge >= 0.3 is 0 Å². The van der Waals surface area contributed by atoms with Crippen molar-refractivity contribution in [1.82, 2.24) is 10.6 Å². The topological polar surface area (TPSA) is 78.4 Å². The minimum atomic E-state index is -0.691. The molecule has 5 nitrogen and oxygen atoms in total. The summed E-state index contributed by atoms with van der Waals surface area (Å²) < 4.78 is 0. The summed E-state index contributed by atoms with van der Waals surface area (Å²) in [6.45, 7) is 13.0. The number of amides is 2. The van der Waals surface area contributed by atoms with Gasteiger partial charge in [0, 0.05) is 24.1 Å². The first kappa shape index (κ1) is 25.2. The molecule has 0 saturated heterocycles. The minimum Gasteiger partial charge on any atom is -0.390 e. The van der Waals surface area contributed by atoms with Crippen LogP contribution >= 0.6 is 0 Å². The van der Waals surface area contributed by atoms with Crippen LogP contribution in [0.5, 0.6) is 0 Å². The van der Waals surface area contributed by atoms with Crippen LogP contribution in [0, 0.1) is 16.7 Å². The van der Waals surface area contributed by atoms with Crippen molar-refractivity contribution in [2.45, 2.75) is 116 Å². The third-order valence-corrected chi connectivity index (χ3v) is 8.91. The molecule has 1 aromatic rings. The van der Waals surface area contributed by atoms with Gasteiger partial charge in [0.05, 0.1) is 5.60 Å². The average molecular weight is 469 g/mol. The molecule has 4 unspecified atom stereocenters. The van der Waals surface area contributed by atoms with Crippen molar-refractivity contribution in [3.8, 4) is 0 Å². The highest BCUT2D eigenvalue weighted by Crippen LogP contribution is 2.63. The van der Waals surface area contributed by atoms with Gasteiger partial charge in [-0.05, 0) is 91.7 Å². The number of hydrogen-bond acceptors (Lipinski definition) is 3. The summed E-state index contributed by atoms with van der Waals surface area (Å²) in [5.74, 6) is 0.340. The highest BCUT2D eigenvalue weighted by atomic mass is 16.3. The predicted octanol–water partition coefficient (Wildman–Crippen LogP) is 5.11. The molecule has 4 atom stereocenters. The fourth-order valence-electron chi connectivity index (χ4n) is 6.67. The van der Waals surface area contributed by atoms with Crippen molar-refractivity contribution >= 4 is 11.8 Å². The maximum atomic E-state index is 13.4. The molecule has 0 aromatic heterocycles. The molecule has 4 rings (SSSR count). The lowest BCUT2D eigenvalue weighted by atomic mass is 9.57. The number of benzene rings is 1. The van der Waals surface area contributed by atoms with Gasteiger partial charge < -0.3 is 15.7 Å². The average Bonchev–Trinajstić information content (AvgIpc) is 3.52. The maximum Gasteiger partial charge on any atom is 0.251 e. The lowest BCUT2D eigenvalue weighted by Gasteiger charge is -2.50. The zero-order valence-electron chi connectivity index (χ0n) is 22.0. The van der Waals surface area contributed by atoms with Crippen LogP contribution in [0.2, 0.25) is 0 Å². The van der Waals surface area contributed by atoms with Gasteiger partial charge in [-0.1, -0.05) is 46.8 Å². The summed E-state index contributed by atoms with van der Waals surface area (Å²) in [5.41, 5.74) is 1.04. The Morgan fingerprint density at radius 2 is 1.65 bits per heavy atom. The Labute approximate surface area is 205 Å². The molecule has 2 amide bonds. The Bertz CT molecular complexity index is 924. The summed E-state index contributed by atoms with van der Waals surface area (Å²) in [6, 6.07) is 8.30. The number of carbonyl (C=O) groups is 2. The number of hydrogen-bond donors (Lipinski definition) is 3. The highest BCUT2D eigenvalue weighted by molar-refractivity contribution is 5.94. The zero-order chi connectivity index (χ0) is 24.9. The van der Waals surface area contributed by atoms with Crippen LogP contribution in [0.4, 0.5) is 0 Å². The van der Waals surface area contributed by atoms with Gasteiger partial charge in [0.2, 0.25) is 5.91 Å². The molecule has 0 spiro atoms. The van der Waals surface area contributed by atoms with E-state index < -0.39 is 5.60 Å². The van der Waals surface area contributed by atoms with Crippen LogP contribution in [0.1, 0.15) is 109 Å². The number of rotatable bonds is 6. The monoisotopic (exact) mass is 468 g/mol. The molecule has 188 valence electrons. The van der Waals surface area contributed by atoms with E-state index in [2.05, 4.69) is 45.3 Å². The lowest BCUT2D eigenvalue weighted by molar-refractivity contribution is -0.123. The smallest absolute Gasteiger partial charge is 0.251 e. The SMILES string of the molecule is CC1(O)CCC2(CCC(=O)NC3CC3)C(NC(=O)c3ccc(C(C)(C)C)cc3)CC(C)(C)C2C1. The van der Waals surface area contributed by atoms with E-state index in [0.29, 0.717) is 24.4 Å². The molecule has 3 N–H and O–H groups in total. The fraction of sp³-hybridized carbons (Fsp3) is 0.724. The van der Waals surface area contributed by atoms with Gasteiger partial charge in [-0.2, -0.15) is 0 Å². The van der Waals surface area contributed by atoms with E-state index in [1.165, 1.54) is 5.56 Å². The van der Waals surface area contributed by atoms with Crippen LogP contribution in [-0.4, -0.2) is 34.6 Å². The van der Waals surface area contributed by atoms with Crippen molar-refractivity contribution in [2.75, 3.05) is 0 Å². The lowest BCUT2D eigenvalue weighted by Crippen LogP contribution is -2.52. The number of nitrogens with one attached hydrogen (secondary N) is 2. The Balaban J connectivity index is 1.56. The highest BCUT2D eigenvalue weighted by Gasteiger charge is 2.61. The van der Waals surface area contributed by atoms with Crippen molar-refractivity contribution in [3.05, 3.63) is 35.4 Å². The van der Waals surface area contributed by atoms with E-state index in [9.17, 15) is 14.7 Å². The van der Waals surface area contributed by atoms with Gasteiger partial charge in [0.15, 0.2) is 0 Å². The third kappa shape index (κ3) is 5.19. The van der Waals surface area contributed by atoms with Gasteiger partial charge in [-0.15, -0.1) is 0 Å². The molecule has 0 radical (unpaired) electrons. The number of carbonyl (C=O) groups excluding carboxylic acids is 2. The van der Waals surface area contributed by atoms with Crippen LogP contribution in [-0.2, 0) is 10.2 Å². The van der Waals surface area contributed by atoms with Crippen molar-refractivity contribution < 1.29 is 14.7 Å².